The summed E-state index contributed by atoms with van der Waals surface area (Å²) < 4.78 is 59.5. The van der Waals surface area contributed by atoms with Gasteiger partial charge in [0.05, 0.1) is 19.0 Å². The van der Waals surface area contributed by atoms with Gasteiger partial charge in [-0.25, -0.2) is 22.2 Å². The first-order chi connectivity index (χ1) is 14.8. The van der Waals surface area contributed by atoms with Crippen LogP contribution in [0.2, 0.25) is 0 Å². The van der Waals surface area contributed by atoms with Crippen molar-refractivity contribution in [3.63, 3.8) is 0 Å². The van der Waals surface area contributed by atoms with Crippen molar-refractivity contribution in [1.82, 2.24) is 14.3 Å². The predicted molar refractivity (Wildman–Crippen MR) is 113 cm³/mol. The number of halogens is 2. The molecule has 0 bridgehead atoms. The van der Waals surface area contributed by atoms with Crippen LogP contribution >= 0.6 is 0 Å². The molecule has 1 aromatic carbocycles. The molecule has 0 saturated carbocycles. The topological polar surface area (TPSA) is 78.9 Å². The van der Waals surface area contributed by atoms with E-state index in [1.165, 1.54) is 4.31 Å². The summed E-state index contributed by atoms with van der Waals surface area (Å²) in [6.07, 6.45) is 0. The number of nitrogens with zero attached hydrogens (tertiary/aromatic N) is 5. The molecule has 2 aliphatic rings. The van der Waals surface area contributed by atoms with Crippen LogP contribution < -0.4 is 9.80 Å². The van der Waals surface area contributed by atoms with E-state index < -0.39 is 27.4 Å². The van der Waals surface area contributed by atoms with E-state index >= 15 is 0 Å². The fourth-order valence-corrected chi connectivity index (χ4v) is 5.26. The minimum Gasteiger partial charge on any atom is -0.378 e. The Hall–Kier alpha value is -2.37. The van der Waals surface area contributed by atoms with Gasteiger partial charge in [0.1, 0.15) is 17.5 Å². The number of aromatic nitrogens is 2. The van der Waals surface area contributed by atoms with E-state index in [1.807, 2.05) is 17.9 Å². The molecule has 8 nitrogen and oxygen atoms in total. The fourth-order valence-electron chi connectivity index (χ4n) is 3.74. The van der Waals surface area contributed by atoms with Crippen molar-refractivity contribution in [3.8, 4) is 0 Å². The molecule has 0 N–H and O–H groups in total. The first kappa shape index (κ1) is 21.8. The SMILES string of the molecule is Cc1cc(N2CCN(S(=O)(=O)Cc3cc(F)ccc3F)CC2)nc(N2CCOCC2)n1. The number of aryl methyl sites for hydroxylation is 1. The molecule has 0 radical (unpaired) electrons. The Kier molecular flexibility index (Phi) is 6.35. The van der Waals surface area contributed by atoms with Gasteiger partial charge in [0.15, 0.2) is 0 Å². The first-order valence-corrected chi connectivity index (χ1v) is 11.8. The summed E-state index contributed by atoms with van der Waals surface area (Å²) in [4.78, 5) is 13.3. The van der Waals surface area contributed by atoms with E-state index in [0.717, 1.165) is 42.8 Å². The van der Waals surface area contributed by atoms with Crippen molar-refractivity contribution < 1.29 is 21.9 Å². The minimum absolute atomic E-state index is 0.163. The van der Waals surface area contributed by atoms with Gasteiger partial charge in [0, 0.05) is 56.6 Å². The molecule has 2 aromatic rings. The molecule has 0 atom stereocenters. The van der Waals surface area contributed by atoms with E-state index in [1.54, 1.807) is 0 Å². The lowest BCUT2D eigenvalue weighted by Gasteiger charge is -2.35. The molecular formula is C20H25F2N5O3S. The Bertz CT molecular complexity index is 1040. The van der Waals surface area contributed by atoms with Crippen LogP contribution in [0.3, 0.4) is 0 Å². The van der Waals surface area contributed by atoms with Crippen LogP contribution in [0.25, 0.3) is 0 Å². The smallest absolute Gasteiger partial charge is 0.227 e. The lowest BCUT2D eigenvalue weighted by Crippen LogP contribution is -2.49. The summed E-state index contributed by atoms with van der Waals surface area (Å²) in [5.74, 6) is -0.552. The van der Waals surface area contributed by atoms with Crippen LogP contribution in [-0.4, -0.2) is 75.2 Å². The normalized spacial score (nSPS) is 18.4. The van der Waals surface area contributed by atoms with Gasteiger partial charge in [0.25, 0.3) is 0 Å². The highest BCUT2D eigenvalue weighted by Crippen LogP contribution is 2.22. The molecule has 2 aliphatic heterocycles. The number of benzene rings is 1. The van der Waals surface area contributed by atoms with Crippen LogP contribution in [0.15, 0.2) is 24.3 Å². The lowest BCUT2D eigenvalue weighted by molar-refractivity contribution is 0.122. The fraction of sp³-hybridized carbons (Fsp3) is 0.500. The van der Waals surface area contributed by atoms with Crippen LogP contribution in [-0.2, 0) is 20.5 Å². The summed E-state index contributed by atoms with van der Waals surface area (Å²) in [7, 11) is -3.77. The predicted octanol–water partition coefficient (Wildman–Crippen LogP) is 1.55. The molecule has 31 heavy (non-hydrogen) atoms. The molecule has 2 saturated heterocycles. The zero-order chi connectivity index (χ0) is 22.0. The highest BCUT2D eigenvalue weighted by Gasteiger charge is 2.29. The quantitative estimate of drug-likeness (QED) is 0.680. The molecule has 11 heteroatoms. The van der Waals surface area contributed by atoms with Crippen LogP contribution in [0.1, 0.15) is 11.3 Å². The summed E-state index contributed by atoms with van der Waals surface area (Å²) in [6.45, 7) is 6.02. The number of piperazine rings is 1. The molecule has 0 spiro atoms. The molecule has 1 aromatic heterocycles. The van der Waals surface area contributed by atoms with Crippen LogP contribution in [0.4, 0.5) is 20.5 Å². The van der Waals surface area contributed by atoms with Crippen molar-refractivity contribution >= 4 is 21.8 Å². The molecule has 0 amide bonds. The molecule has 0 unspecified atom stereocenters. The average molecular weight is 454 g/mol. The van der Waals surface area contributed by atoms with Gasteiger partial charge in [-0.2, -0.15) is 9.29 Å². The number of hydrogen-bond donors (Lipinski definition) is 0. The van der Waals surface area contributed by atoms with Gasteiger partial charge in [-0.3, -0.25) is 0 Å². The second-order valence-electron chi connectivity index (χ2n) is 7.64. The van der Waals surface area contributed by atoms with E-state index in [-0.39, 0.29) is 18.7 Å². The van der Waals surface area contributed by atoms with Gasteiger partial charge in [-0.1, -0.05) is 0 Å². The second kappa shape index (κ2) is 9.01. The van der Waals surface area contributed by atoms with Crippen LogP contribution in [0.5, 0.6) is 0 Å². The van der Waals surface area contributed by atoms with E-state index in [9.17, 15) is 17.2 Å². The Morgan fingerprint density at radius 2 is 1.68 bits per heavy atom. The number of anilines is 2. The monoisotopic (exact) mass is 453 g/mol. The number of hydrogen-bond acceptors (Lipinski definition) is 7. The average Bonchev–Trinajstić information content (AvgIpc) is 2.76. The zero-order valence-corrected chi connectivity index (χ0v) is 18.1. The van der Waals surface area contributed by atoms with Crippen molar-refractivity contribution in [2.45, 2.75) is 12.7 Å². The molecule has 4 rings (SSSR count). The van der Waals surface area contributed by atoms with Gasteiger partial charge < -0.3 is 14.5 Å². The maximum atomic E-state index is 13.9. The van der Waals surface area contributed by atoms with Gasteiger partial charge in [-0.05, 0) is 25.1 Å². The van der Waals surface area contributed by atoms with E-state index in [0.29, 0.717) is 32.3 Å². The van der Waals surface area contributed by atoms with Gasteiger partial charge in [0.2, 0.25) is 16.0 Å². The maximum absolute atomic E-state index is 13.9. The molecule has 0 aliphatic carbocycles. The third-order valence-electron chi connectivity index (χ3n) is 5.42. The standard InChI is InChI=1S/C20H25F2N5O3S/c1-15-12-19(24-20(23-15)26-8-10-30-11-9-26)25-4-6-27(7-5-25)31(28,29)14-16-13-17(21)2-3-18(16)22/h2-3,12-13H,4-11,14H2,1H3. The number of sulfonamides is 1. The Morgan fingerprint density at radius 1 is 0.968 bits per heavy atom. The lowest BCUT2D eigenvalue weighted by atomic mass is 10.2. The Morgan fingerprint density at radius 3 is 2.39 bits per heavy atom. The summed E-state index contributed by atoms with van der Waals surface area (Å²) in [5, 5.41) is 0. The van der Waals surface area contributed by atoms with E-state index in [2.05, 4.69) is 14.9 Å². The summed E-state index contributed by atoms with van der Waals surface area (Å²) >= 11 is 0. The summed E-state index contributed by atoms with van der Waals surface area (Å²) in [6, 6.07) is 4.73. The third-order valence-corrected chi connectivity index (χ3v) is 7.25. The number of ether oxygens (including phenoxy) is 1. The highest BCUT2D eigenvalue weighted by atomic mass is 32.2. The molecule has 168 valence electrons. The number of rotatable bonds is 5. The highest BCUT2D eigenvalue weighted by molar-refractivity contribution is 7.88. The molecular weight excluding hydrogens is 428 g/mol. The van der Waals surface area contributed by atoms with Crippen molar-refractivity contribution in [1.29, 1.82) is 0 Å². The molecule has 2 fully saturated rings. The van der Waals surface area contributed by atoms with Crippen molar-refractivity contribution in [3.05, 3.63) is 47.2 Å². The number of morpholine rings is 1. The summed E-state index contributed by atoms with van der Waals surface area (Å²) in [5.41, 5.74) is 0.673. The van der Waals surface area contributed by atoms with Gasteiger partial charge >= 0.3 is 0 Å². The zero-order valence-electron chi connectivity index (χ0n) is 17.3. The Labute approximate surface area is 180 Å². The third kappa shape index (κ3) is 5.10. The maximum Gasteiger partial charge on any atom is 0.227 e. The minimum atomic E-state index is -3.77. The molecule has 3 heterocycles. The van der Waals surface area contributed by atoms with Crippen LogP contribution in [0, 0.1) is 18.6 Å². The van der Waals surface area contributed by atoms with Crippen molar-refractivity contribution in [2.24, 2.45) is 0 Å². The largest absolute Gasteiger partial charge is 0.378 e. The second-order valence-corrected chi connectivity index (χ2v) is 9.61. The Balaban J connectivity index is 1.43. The first-order valence-electron chi connectivity index (χ1n) is 10.2. The van der Waals surface area contributed by atoms with Gasteiger partial charge in [-0.15, -0.1) is 0 Å². The van der Waals surface area contributed by atoms with E-state index in [4.69, 9.17) is 4.74 Å². The van der Waals surface area contributed by atoms with Crippen molar-refractivity contribution in [2.75, 3.05) is 62.3 Å².